The topological polar surface area (TPSA) is 55.2 Å². The molecule has 1 aliphatic carbocycles. The monoisotopic (exact) mass is 289 g/mol. The van der Waals surface area contributed by atoms with Crippen molar-refractivity contribution in [2.45, 2.75) is 51.5 Å². The van der Waals surface area contributed by atoms with Crippen molar-refractivity contribution in [3.63, 3.8) is 0 Å². The second-order valence-electron chi connectivity index (χ2n) is 6.17. The first-order valence-electron chi connectivity index (χ1n) is 7.98. The Labute approximate surface area is 125 Å². The van der Waals surface area contributed by atoms with Gasteiger partial charge < -0.3 is 4.90 Å². The third-order valence-electron chi connectivity index (χ3n) is 4.89. The maximum absolute atomic E-state index is 12.8. The molecule has 2 heterocycles. The first-order chi connectivity index (χ1) is 10.1. The molecule has 0 N–H and O–H groups in total. The molecule has 1 aromatic rings. The number of aryl methyl sites for hydroxylation is 2. The maximum atomic E-state index is 12.8. The normalized spacial score (nSPS) is 25.8. The van der Waals surface area contributed by atoms with E-state index in [9.17, 15) is 9.59 Å². The van der Waals surface area contributed by atoms with E-state index in [0.717, 1.165) is 44.3 Å². The zero-order chi connectivity index (χ0) is 15.0. The maximum Gasteiger partial charge on any atom is 0.272 e. The predicted octanol–water partition coefficient (Wildman–Crippen LogP) is 1.96. The van der Waals surface area contributed by atoms with Gasteiger partial charge in [-0.05, 0) is 38.2 Å². The summed E-state index contributed by atoms with van der Waals surface area (Å²) in [5, 5.41) is 4.36. The zero-order valence-electron chi connectivity index (χ0n) is 12.8. The number of nitrogens with zero attached hydrogens (tertiary/aromatic N) is 3. The SMILES string of the molecule is CCc1cc(C(=O)N2CCCC2C2CCCC2=O)n(C)n1. The van der Waals surface area contributed by atoms with E-state index in [0.29, 0.717) is 17.9 Å². The van der Waals surface area contributed by atoms with Crippen molar-refractivity contribution in [1.29, 1.82) is 0 Å². The fourth-order valence-electron chi connectivity index (χ4n) is 3.76. The third kappa shape index (κ3) is 2.49. The van der Waals surface area contributed by atoms with Crippen LogP contribution in [-0.4, -0.2) is 39.0 Å². The fourth-order valence-corrected chi connectivity index (χ4v) is 3.76. The highest BCUT2D eigenvalue weighted by Crippen LogP contribution is 2.34. The molecule has 0 aromatic carbocycles. The lowest BCUT2D eigenvalue weighted by molar-refractivity contribution is -0.121. The van der Waals surface area contributed by atoms with Gasteiger partial charge in [0.15, 0.2) is 0 Å². The summed E-state index contributed by atoms with van der Waals surface area (Å²) in [4.78, 5) is 26.8. The third-order valence-corrected chi connectivity index (χ3v) is 4.89. The molecule has 0 radical (unpaired) electrons. The molecule has 21 heavy (non-hydrogen) atoms. The lowest BCUT2D eigenvalue weighted by Gasteiger charge is -2.28. The van der Waals surface area contributed by atoms with E-state index in [2.05, 4.69) is 5.10 Å². The van der Waals surface area contributed by atoms with Crippen LogP contribution in [0.5, 0.6) is 0 Å². The Kier molecular flexibility index (Phi) is 3.83. The summed E-state index contributed by atoms with van der Waals surface area (Å²) in [7, 11) is 1.82. The molecule has 1 saturated carbocycles. The Hall–Kier alpha value is -1.65. The number of Topliss-reactive ketones (excluding diaryl/α,β-unsaturated/α-hetero) is 1. The van der Waals surface area contributed by atoms with E-state index < -0.39 is 0 Å². The number of hydrogen-bond acceptors (Lipinski definition) is 3. The largest absolute Gasteiger partial charge is 0.334 e. The van der Waals surface area contributed by atoms with Gasteiger partial charge in [0.25, 0.3) is 5.91 Å². The molecule has 2 unspecified atom stereocenters. The van der Waals surface area contributed by atoms with Gasteiger partial charge >= 0.3 is 0 Å². The zero-order valence-corrected chi connectivity index (χ0v) is 12.8. The first kappa shape index (κ1) is 14.3. The first-order valence-corrected chi connectivity index (χ1v) is 7.98. The van der Waals surface area contributed by atoms with Gasteiger partial charge in [-0.1, -0.05) is 6.92 Å². The number of aromatic nitrogens is 2. The lowest BCUT2D eigenvalue weighted by Crippen LogP contribution is -2.42. The van der Waals surface area contributed by atoms with Crippen LogP contribution in [-0.2, 0) is 18.3 Å². The van der Waals surface area contributed by atoms with Crippen LogP contribution in [0.15, 0.2) is 6.07 Å². The number of ketones is 1. The van der Waals surface area contributed by atoms with Crippen molar-refractivity contribution in [2.75, 3.05) is 6.54 Å². The van der Waals surface area contributed by atoms with E-state index in [4.69, 9.17) is 0 Å². The Bertz CT molecular complexity index is 564. The molecule has 5 heteroatoms. The Morgan fingerprint density at radius 3 is 2.81 bits per heavy atom. The van der Waals surface area contributed by atoms with Crippen LogP contribution in [0.1, 0.15) is 55.2 Å². The van der Waals surface area contributed by atoms with Crippen molar-refractivity contribution in [2.24, 2.45) is 13.0 Å². The van der Waals surface area contributed by atoms with Crippen LogP contribution in [0.2, 0.25) is 0 Å². The number of amides is 1. The molecular formula is C16H23N3O2. The van der Waals surface area contributed by atoms with Gasteiger partial charge in [-0.3, -0.25) is 14.3 Å². The fraction of sp³-hybridized carbons (Fsp3) is 0.688. The van der Waals surface area contributed by atoms with Crippen LogP contribution < -0.4 is 0 Å². The number of rotatable bonds is 3. The van der Waals surface area contributed by atoms with Crippen LogP contribution >= 0.6 is 0 Å². The molecule has 0 spiro atoms. The van der Waals surface area contributed by atoms with Crippen molar-refractivity contribution < 1.29 is 9.59 Å². The summed E-state index contributed by atoms with van der Waals surface area (Å²) in [6, 6.07) is 1.99. The minimum Gasteiger partial charge on any atom is -0.334 e. The van der Waals surface area contributed by atoms with E-state index >= 15 is 0 Å². The average molecular weight is 289 g/mol. The van der Waals surface area contributed by atoms with Gasteiger partial charge in [0.05, 0.1) is 5.69 Å². The minimum absolute atomic E-state index is 0.0342. The van der Waals surface area contributed by atoms with E-state index in [1.807, 2.05) is 24.9 Å². The van der Waals surface area contributed by atoms with E-state index in [1.165, 1.54) is 0 Å². The summed E-state index contributed by atoms with van der Waals surface area (Å²) in [6.45, 7) is 2.80. The Morgan fingerprint density at radius 1 is 1.38 bits per heavy atom. The smallest absolute Gasteiger partial charge is 0.272 e. The molecule has 1 saturated heterocycles. The van der Waals surface area contributed by atoms with Gasteiger partial charge in [0, 0.05) is 32.0 Å². The molecule has 0 bridgehead atoms. The van der Waals surface area contributed by atoms with E-state index in [1.54, 1.807) is 4.68 Å². The second kappa shape index (κ2) is 5.62. The number of carbonyl (C=O) groups is 2. The lowest BCUT2D eigenvalue weighted by atomic mass is 9.95. The molecule has 5 nitrogen and oxygen atoms in total. The summed E-state index contributed by atoms with van der Waals surface area (Å²) in [6.07, 6.45) is 5.40. The van der Waals surface area contributed by atoms with Crippen molar-refractivity contribution >= 4 is 11.7 Å². The van der Waals surface area contributed by atoms with Crippen molar-refractivity contribution in [3.8, 4) is 0 Å². The predicted molar refractivity (Wildman–Crippen MR) is 79.0 cm³/mol. The highest BCUT2D eigenvalue weighted by molar-refractivity contribution is 5.94. The second-order valence-corrected chi connectivity index (χ2v) is 6.17. The molecule has 3 rings (SSSR count). The van der Waals surface area contributed by atoms with Gasteiger partial charge in [0.1, 0.15) is 11.5 Å². The van der Waals surface area contributed by atoms with Gasteiger partial charge in [-0.2, -0.15) is 5.10 Å². The summed E-state index contributed by atoms with van der Waals surface area (Å²) < 4.78 is 1.67. The quantitative estimate of drug-likeness (QED) is 0.854. The number of carbonyl (C=O) groups excluding carboxylic acids is 2. The highest BCUT2D eigenvalue weighted by atomic mass is 16.2. The standard InChI is InChI=1S/C16H23N3O2/c1-3-11-10-14(18(2)17-11)16(21)19-9-5-7-13(19)12-6-4-8-15(12)20/h10,12-13H,3-9H2,1-2H3. The molecule has 2 aliphatic rings. The molecule has 1 aliphatic heterocycles. The summed E-state index contributed by atoms with van der Waals surface area (Å²) in [5.41, 5.74) is 1.58. The molecule has 1 amide bonds. The molecule has 114 valence electrons. The van der Waals surface area contributed by atoms with E-state index in [-0.39, 0.29) is 17.9 Å². The van der Waals surface area contributed by atoms with Gasteiger partial charge in [-0.15, -0.1) is 0 Å². The van der Waals surface area contributed by atoms with Gasteiger partial charge in [0.2, 0.25) is 0 Å². The number of likely N-dealkylation sites (tertiary alicyclic amines) is 1. The van der Waals surface area contributed by atoms with Crippen LogP contribution in [0.4, 0.5) is 0 Å². The average Bonchev–Trinajstić information content (AvgIpc) is 3.16. The van der Waals surface area contributed by atoms with Crippen LogP contribution in [0.3, 0.4) is 0 Å². The van der Waals surface area contributed by atoms with Gasteiger partial charge in [-0.25, -0.2) is 0 Å². The van der Waals surface area contributed by atoms with Crippen molar-refractivity contribution in [1.82, 2.24) is 14.7 Å². The molecule has 2 atom stereocenters. The minimum atomic E-state index is 0.0342. The molecular weight excluding hydrogens is 266 g/mol. The summed E-state index contributed by atoms with van der Waals surface area (Å²) in [5.74, 6) is 0.446. The summed E-state index contributed by atoms with van der Waals surface area (Å²) >= 11 is 0. The van der Waals surface area contributed by atoms with Crippen LogP contribution in [0.25, 0.3) is 0 Å². The van der Waals surface area contributed by atoms with Crippen LogP contribution in [0, 0.1) is 5.92 Å². The van der Waals surface area contributed by atoms with Crippen molar-refractivity contribution in [3.05, 3.63) is 17.5 Å². The highest BCUT2D eigenvalue weighted by Gasteiger charge is 2.40. The molecule has 1 aromatic heterocycles. The Morgan fingerprint density at radius 2 is 2.19 bits per heavy atom. The number of hydrogen-bond donors (Lipinski definition) is 0. The molecule has 2 fully saturated rings. The Balaban J connectivity index is 1.82.